The number of benzene rings is 3. The maximum absolute atomic E-state index is 13.6. The summed E-state index contributed by atoms with van der Waals surface area (Å²) in [6, 6.07) is 17.7. The molecule has 0 unspecified atom stereocenters. The second-order valence-electron chi connectivity index (χ2n) is 8.53. The lowest BCUT2D eigenvalue weighted by Gasteiger charge is -2.16. The number of halogens is 3. The minimum Gasteiger partial charge on any atom is -0.480 e. The number of aromatic nitrogens is 2. The van der Waals surface area contributed by atoms with Crippen molar-refractivity contribution in [2.24, 2.45) is 0 Å². The lowest BCUT2D eigenvalue weighted by atomic mass is 9.94. The minimum absolute atomic E-state index is 0.0638. The van der Waals surface area contributed by atoms with Crippen LogP contribution >= 0.6 is 0 Å². The number of rotatable bonds is 9. The molecule has 1 aromatic heterocycles. The first-order valence-electron chi connectivity index (χ1n) is 11.3. The Bertz CT molecular complexity index is 1380. The molecule has 0 amide bonds. The predicted molar refractivity (Wildman–Crippen MR) is 130 cm³/mol. The number of hydrogen-bond acceptors (Lipinski definition) is 6. The third-order valence-corrected chi connectivity index (χ3v) is 5.67. The maximum atomic E-state index is 13.6. The average Bonchev–Trinajstić information content (AvgIpc) is 3.34. The number of carboxylic acid groups (broad SMARTS) is 1. The molecule has 1 N–H and O–H groups in total. The highest BCUT2D eigenvalue weighted by atomic mass is 19.4. The maximum Gasteiger partial charge on any atom is 0.417 e. The number of methoxy groups -OCH3 is 1. The zero-order valence-corrected chi connectivity index (χ0v) is 20.1. The molecule has 0 bridgehead atoms. The fourth-order valence-corrected chi connectivity index (χ4v) is 4.05. The third-order valence-electron chi connectivity index (χ3n) is 5.67. The first-order valence-corrected chi connectivity index (χ1v) is 11.3. The second-order valence-corrected chi connectivity index (χ2v) is 8.53. The Kier molecular flexibility index (Phi) is 7.70. The average molecular weight is 512 g/mol. The topological polar surface area (TPSA) is 88.7 Å². The number of hydrogen-bond donors (Lipinski definition) is 1. The summed E-state index contributed by atoms with van der Waals surface area (Å²) in [6.07, 6.45) is -4.50. The fraction of sp³-hybridized carbons (Fsp3) is 0.222. The van der Waals surface area contributed by atoms with Gasteiger partial charge in [0.15, 0.2) is 0 Å². The Morgan fingerprint density at radius 2 is 1.73 bits per heavy atom. The molecule has 4 rings (SSSR count). The highest BCUT2D eigenvalue weighted by molar-refractivity contribution is 5.74. The van der Waals surface area contributed by atoms with Crippen molar-refractivity contribution >= 4 is 5.97 Å². The summed E-state index contributed by atoms with van der Waals surface area (Å²) in [6.45, 7) is 0.492. The lowest BCUT2D eigenvalue weighted by molar-refractivity contribution is -0.138. The standard InChI is InChI=1S/C27H24F3N3O4/c1-33(15-24(34)35)14-17-7-9-18(10-8-17)25-31-26(37-32-25)19-11-12-21(20(13-19)16-36-2)22-5-3-4-6-23(22)27(28,29)30/h3-13H,14-16H2,1-2H3,(H,34,35). The molecule has 1 heterocycles. The third kappa shape index (κ3) is 6.22. The first kappa shape index (κ1) is 26.1. The van der Waals surface area contributed by atoms with Gasteiger partial charge in [-0.3, -0.25) is 9.69 Å². The van der Waals surface area contributed by atoms with Gasteiger partial charge in [-0.25, -0.2) is 0 Å². The van der Waals surface area contributed by atoms with Crippen molar-refractivity contribution in [3.05, 3.63) is 83.4 Å². The predicted octanol–water partition coefficient (Wildman–Crippen LogP) is 5.75. The van der Waals surface area contributed by atoms with Crippen molar-refractivity contribution in [1.29, 1.82) is 0 Å². The van der Waals surface area contributed by atoms with E-state index in [1.807, 2.05) is 24.3 Å². The minimum atomic E-state index is -4.50. The van der Waals surface area contributed by atoms with Gasteiger partial charge in [0.25, 0.3) is 5.89 Å². The summed E-state index contributed by atoms with van der Waals surface area (Å²) >= 11 is 0. The van der Waals surface area contributed by atoms with Gasteiger partial charge in [0, 0.05) is 24.8 Å². The molecule has 4 aromatic rings. The van der Waals surface area contributed by atoms with E-state index in [9.17, 15) is 18.0 Å². The van der Waals surface area contributed by atoms with Gasteiger partial charge in [-0.2, -0.15) is 18.2 Å². The van der Waals surface area contributed by atoms with E-state index in [4.69, 9.17) is 14.4 Å². The van der Waals surface area contributed by atoms with E-state index in [0.29, 0.717) is 34.6 Å². The summed E-state index contributed by atoms with van der Waals surface area (Å²) in [5, 5.41) is 12.9. The molecule has 3 aromatic carbocycles. The largest absolute Gasteiger partial charge is 0.480 e. The Morgan fingerprint density at radius 3 is 2.41 bits per heavy atom. The van der Waals surface area contributed by atoms with E-state index in [2.05, 4.69) is 10.1 Å². The zero-order chi connectivity index (χ0) is 26.6. The molecule has 0 spiro atoms. The van der Waals surface area contributed by atoms with Crippen LogP contribution in [-0.4, -0.2) is 46.8 Å². The smallest absolute Gasteiger partial charge is 0.417 e. The second kappa shape index (κ2) is 10.9. The number of carbonyl (C=O) groups is 1. The van der Waals surface area contributed by atoms with Crippen LogP contribution in [0.25, 0.3) is 34.0 Å². The van der Waals surface area contributed by atoms with Crippen LogP contribution in [0.3, 0.4) is 0 Å². The van der Waals surface area contributed by atoms with Gasteiger partial charge in [-0.05, 0) is 47.5 Å². The van der Waals surface area contributed by atoms with Crippen LogP contribution in [-0.2, 0) is 28.9 Å². The van der Waals surface area contributed by atoms with Gasteiger partial charge >= 0.3 is 12.1 Å². The van der Waals surface area contributed by atoms with Crippen LogP contribution in [0.4, 0.5) is 13.2 Å². The van der Waals surface area contributed by atoms with Crippen molar-refractivity contribution in [2.75, 3.05) is 20.7 Å². The van der Waals surface area contributed by atoms with E-state index >= 15 is 0 Å². The number of aliphatic carboxylic acids is 1. The van der Waals surface area contributed by atoms with Gasteiger partial charge < -0.3 is 14.4 Å². The normalized spacial score (nSPS) is 11.7. The molecule has 37 heavy (non-hydrogen) atoms. The van der Waals surface area contributed by atoms with E-state index in [1.165, 1.54) is 19.2 Å². The molecule has 0 atom stereocenters. The molecule has 0 radical (unpaired) electrons. The van der Waals surface area contributed by atoms with E-state index in [-0.39, 0.29) is 24.6 Å². The Labute approximate surface area is 211 Å². The van der Waals surface area contributed by atoms with Crippen LogP contribution in [0.1, 0.15) is 16.7 Å². The molecule has 0 aliphatic carbocycles. The van der Waals surface area contributed by atoms with Crippen LogP contribution in [0.15, 0.2) is 71.3 Å². The quantitative estimate of drug-likeness (QED) is 0.306. The number of likely N-dealkylation sites (N-methyl/N-ethyl adjacent to an activating group) is 1. The van der Waals surface area contributed by atoms with E-state index in [0.717, 1.165) is 11.6 Å². The SMILES string of the molecule is COCc1cc(-c2nc(-c3ccc(CN(C)CC(=O)O)cc3)no2)ccc1-c1ccccc1C(F)(F)F. The van der Waals surface area contributed by atoms with Crippen LogP contribution in [0, 0.1) is 0 Å². The van der Waals surface area contributed by atoms with E-state index in [1.54, 1.807) is 36.2 Å². The Morgan fingerprint density at radius 1 is 1.03 bits per heavy atom. The van der Waals surface area contributed by atoms with Crippen molar-refractivity contribution < 1.29 is 32.3 Å². The lowest BCUT2D eigenvalue weighted by Crippen LogP contribution is -2.25. The van der Waals surface area contributed by atoms with Crippen molar-refractivity contribution in [1.82, 2.24) is 15.0 Å². The molecule has 192 valence electrons. The number of carboxylic acids is 1. The van der Waals surface area contributed by atoms with Crippen LogP contribution in [0.5, 0.6) is 0 Å². The van der Waals surface area contributed by atoms with Gasteiger partial charge in [-0.1, -0.05) is 53.7 Å². The number of nitrogens with zero attached hydrogens (tertiary/aromatic N) is 3. The number of ether oxygens (including phenoxy) is 1. The molecule has 10 heteroatoms. The van der Waals surface area contributed by atoms with Crippen LogP contribution in [0.2, 0.25) is 0 Å². The number of alkyl halides is 3. The van der Waals surface area contributed by atoms with Crippen molar-refractivity contribution in [2.45, 2.75) is 19.3 Å². The van der Waals surface area contributed by atoms with Crippen LogP contribution < -0.4 is 0 Å². The molecule has 0 aliphatic heterocycles. The first-order chi connectivity index (χ1) is 17.7. The highest BCUT2D eigenvalue weighted by Crippen LogP contribution is 2.39. The molecule has 0 fully saturated rings. The van der Waals surface area contributed by atoms with Crippen molar-refractivity contribution in [3.8, 4) is 34.0 Å². The van der Waals surface area contributed by atoms with Crippen molar-refractivity contribution in [3.63, 3.8) is 0 Å². The Hall–Kier alpha value is -4.02. The molecular weight excluding hydrogens is 487 g/mol. The van der Waals surface area contributed by atoms with Gasteiger partial charge in [0.1, 0.15) is 0 Å². The van der Waals surface area contributed by atoms with Gasteiger partial charge in [0.05, 0.1) is 18.7 Å². The summed E-state index contributed by atoms with van der Waals surface area (Å²) in [5.41, 5.74) is 2.47. The van der Waals surface area contributed by atoms with E-state index < -0.39 is 17.7 Å². The summed E-state index contributed by atoms with van der Waals surface area (Å²) in [7, 11) is 3.19. The highest BCUT2D eigenvalue weighted by Gasteiger charge is 2.33. The molecule has 0 aliphatic rings. The molecule has 7 nitrogen and oxygen atoms in total. The zero-order valence-electron chi connectivity index (χ0n) is 20.1. The summed E-state index contributed by atoms with van der Waals surface area (Å²) in [5.74, 6) is -0.335. The monoisotopic (exact) mass is 511 g/mol. The van der Waals surface area contributed by atoms with Gasteiger partial charge in [0.2, 0.25) is 5.82 Å². The fourth-order valence-electron chi connectivity index (χ4n) is 4.05. The Balaban J connectivity index is 1.60. The molecule has 0 saturated carbocycles. The summed E-state index contributed by atoms with van der Waals surface area (Å²) < 4.78 is 51.5. The molecule has 0 saturated heterocycles. The molecular formula is C27H24F3N3O4. The van der Waals surface area contributed by atoms with Gasteiger partial charge in [-0.15, -0.1) is 0 Å². The summed E-state index contributed by atoms with van der Waals surface area (Å²) in [4.78, 5) is 17.0.